The van der Waals surface area contributed by atoms with E-state index in [9.17, 15) is 14.0 Å². The van der Waals surface area contributed by atoms with Crippen LogP contribution in [0.3, 0.4) is 0 Å². The van der Waals surface area contributed by atoms with Gasteiger partial charge in [0.1, 0.15) is 17.6 Å². The lowest BCUT2D eigenvalue weighted by Crippen LogP contribution is -2.65. The van der Waals surface area contributed by atoms with E-state index in [-0.39, 0.29) is 28.6 Å². The Morgan fingerprint density at radius 3 is 2.51 bits per heavy atom. The topological polar surface area (TPSA) is 86.8 Å². The summed E-state index contributed by atoms with van der Waals surface area (Å²) in [6, 6.07) is 15.7. The Kier molecular flexibility index (Phi) is 6.18. The van der Waals surface area contributed by atoms with Gasteiger partial charge in [0.05, 0.1) is 22.9 Å². The number of hydrogen-bond donors (Lipinski definition) is 0. The first-order chi connectivity index (χ1) is 17.0. The lowest BCUT2D eigenvalue weighted by molar-refractivity contribution is -0.171. The van der Waals surface area contributed by atoms with Gasteiger partial charge in [-0.1, -0.05) is 23.7 Å². The molecule has 0 aliphatic carbocycles. The molecule has 0 saturated carbocycles. The highest BCUT2D eigenvalue weighted by atomic mass is 35.5. The number of hydrogen-bond acceptors (Lipinski definition) is 5. The summed E-state index contributed by atoms with van der Waals surface area (Å²) in [5, 5.41) is 9.23. The molecule has 2 aliphatic rings. The third-order valence-electron chi connectivity index (χ3n) is 6.49. The van der Waals surface area contributed by atoms with Crippen LogP contribution < -0.4 is 4.74 Å². The van der Waals surface area contributed by atoms with Crippen LogP contribution in [0, 0.1) is 17.1 Å². The summed E-state index contributed by atoms with van der Waals surface area (Å²) in [6.07, 6.45) is 1.84. The summed E-state index contributed by atoms with van der Waals surface area (Å²) >= 11 is 6.14. The molecule has 2 fully saturated rings. The summed E-state index contributed by atoms with van der Waals surface area (Å²) in [7, 11) is 0. The van der Waals surface area contributed by atoms with Gasteiger partial charge >= 0.3 is 0 Å². The largest absolute Gasteiger partial charge is 0.476 e. The summed E-state index contributed by atoms with van der Waals surface area (Å²) in [6.45, 7) is 0.979. The number of nitrogens with zero attached hydrogens (tertiary/aromatic N) is 3. The van der Waals surface area contributed by atoms with Crippen LogP contribution in [0.5, 0.6) is 5.75 Å². The molecule has 5 rings (SSSR count). The van der Waals surface area contributed by atoms with Crippen molar-refractivity contribution in [1.29, 1.82) is 5.26 Å². The van der Waals surface area contributed by atoms with E-state index >= 15 is 0 Å². The number of piperidine rings is 1. The molecular formula is C26H21ClFN3O4. The number of rotatable bonds is 5. The maximum atomic E-state index is 13.5. The molecule has 1 aromatic heterocycles. The average molecular weight is 494 g/mol. The summed E-state index contributed by atoms with van der Waals surface area (Å²) < 4.78 is 24.7. The first kappa shape index (κ1) is 22.9. The molecule has 2 atom stereocenters. The Morgan fingerprint density at radius 2 is 1.89 bits per heavy atom. The number of nitriles is 1. The van der Waals surface area contributed by atoms with Crippen LogP contribution in [0.25, 0.3) is 0 Å². The molecule has 2 aromatic carbocycles. The fraction of sp³-hybridized carbons (Fsp3) is 0.269. The van der Waals surface area contributed by atoms with E-state index in [1.54, 1.807) is 46.2 Å². The highest BCUT2D eigenvalue weighted by Crippen LogP contribution is 2.42. The molecule has 3 aromatic rings. The van der Waals surface area contributed by atoms with E-state index in [0.29, 0.717) is 37.3 Å². The molecule has 2 amide bonds. The van der Waals surface area contributed by atoms with Crippen LogP contribution in [0.2, 0.25) is 5.02 Å². The predicted octanol–water partition coefficient (Wildman–Crippen LogP) is 4.58. The van der Waals surface area contributed by atoms with Crippen LogP contribution >= 0.6 is 11.6 Å². The lowest BCUT2D eigenvalue weighted by atomic mass is 9.86. The number of amides is 2. The van der Waals surface area contributed by atoms with Crippen LogP contribution in [-0.4, -0.2) is 46.8 Å². The number of furan rings is 1. The van der Waals surface area contributed by atoms with Crippen molar-refractivity contribution in [3.05, 3.63) is 88.6 Å². The highest BCUT2D eigenvalue weighted by Gasteiger charge is 2.53. The molecule has 0 bridgehead atoms. The van der Waals surface area contributed by atoms with E-state index < -0.39 is 18.0 Å². The minimum absolute atomic E-state index is 0.0829. The van der Waals surface area contributed by atoms with Crippen molar-refractivity contribution in [1.82, 2.24) is 9.80 Å². The minimum atomic E-state index is -0.839. The molecule has 2 aliphatic heterocycles. The number of benzene rings is 2. The normalized spacial score (nSPS) is 20.3. The summed E-state index contributed by atoms with van der Waals surface area (Å²) in [5.41, 5.74) is 1.33. The predicted molar refractivity (Wildman–Crippen MR) is 124 cm³/mol. The molecule has 0 spiro atoms. The number of ether oxygens (including phenoxy) is 1. The third kappa shape index (κ3) is 4.35. The monoisotopic (exact) mass is 493 g/mol. The van der Waals surface area contributed by atoms with Crippen molar-refractivity contribution in [2.24, 2.45) is 0 Å². The third-order valence-corrected chi connectivity index (χ3v) is 6.79. The van der Waals surface area contributed by atoms with Crippen molar-refractivity contribution in [3.8, 4) is 11.8 Å². The number of halogens is 2. The minimum Gasteiger partial charge on any atom is -0.476 e. The zero-order valence-electron chi connectivity index (χ0n) is 18.6. The van der Waals surface area contributed by atoms with E-state index in [4.69, 9.17) is 26.0 Å². The molecule has 35 heavy (non-hydrogen) atoms. The van der Waals surface area contributed by atoms with Crippen LogP contribution in [-0.2, 0) is 4.79 Å². The van der Waals surface area contributed by atoms with Gasteiger partial charge < -0.3 is 19.0 Å². The molecule has 7 nitrogen and oxygen atoms in total. The standard InChI is InChI=1S/C26H21ClFN3O4/c27-20-14-18(28)7-8-21(20)35-24-23(17-5-3-16(15-29)4-6-17)31(26(24)33)19-9-11-30(12-10-19)25(32)22-2-1-13-34-22/h1-8,13-14,19,23-24H,9-12H2/t23-,24+/m1/s1. The molecule has 0 unspecified atom stereocenters. The van der Waals surface area contributed by atoms with Crippen molar-refractivity contribution in [3.63, 3.8) is 0 Å². The van der Waals surface area contributed by atoms with Crippen LogP contribution in [0.15, 0.2) is 65.3 Å². The van der Waals surface area contributed by atoms with Crippen molar-refractivity contribution < 1.29 is 23.1 Å². The van der Waals surface area contributed by atoms with Gasteiger partial charge in [-0.05, 0) is 60.9 Å². The first-order valence-corrected chi connectivity index (χ1v) is 11.6. The molecule has 9 heteroatoms. The quantitative estimate of drug-likeness (QED) is 0.485. The Balaban J connectivity index is 1.35. The molecule has 2 saturated heterocycles. The molecule has 0 radical (unpaired) electrons. The number of carbonyl (C=O) groups excluding carboxylic acids is 2. The zero-order valence-corrected chi connectivity index (χ0v) is 19.3. The fourth-order valence-electron chi connectivity index (χ4n) is 4.71. The van der Waals surface area contributed by atoms with Gasteiger partial charge in [-0.3, -0.25) is 9.59 Å². The first-order valence-electron chi connectivity index (χ1n) is 11.2. The summed E-state index contributed by atoms with van der Waals surface area (Å²) in [4.78, 5) is 29.4. The Hall–Kier alpha value is -3.83. The Bertz CT molecular complexity index is 1280. The highest BCUT2D eigenvalue weighted by molar-refractivity contribution is 6.32. The van der Waals surface area contributed by atoms with E-state index in [2.05, 4.69) is 6.07 Å². The second-order valence-electron chi connectivity index (χ2n) is 8.54. The Labute approximate surface area is 206 Å². The van der Waals surface area contributed by atoms with Gasteiger partial charge in [0.15, 0.2) is 5.76 Å². The van der Waals surface area contributed by atoms with Crippen molar-refractivity contribution >= 4 is 23.4 Å². The lowest BCUT2D eigenvalue weighted by Gasteiger charge is -2.52. The fourth-order valence-corrected chi connectivity index (χ4v) is 4.92. The van der Waals surface area contributed by atoms with E-state index in [1.165, 1.54) is 18.4 Å². The van der Waals surface area contributed by atoms with Gasteiger partial charge in [-0.2, -0.15) is 5.26 Å². The smallest absolute Gasteiger partial charge is 0.289 e. The molecule has 0 N–H and O–H groups in total. The second-order valence-corrected chi connectivity index (χ2v) is 8.95. The van der Waals surface area contributed by atoms with Gasteiger partial charge in [0, 0.05) is 19.1 Å². The van der Waals surface area contributed by atoms with Crippen molar-refractivity contribution in [2.75, 3.05) is 13.1 Å². The number of β-lactam (4-membered cyclic amide) rings is 1. The zero-order chi connectivity index (χ0) is 24.5. The maximum Gasteiger partial charge on any atom is 0.289 e. The SMILES string of the molecule is N#Cc1ccc([C@@H]2[C@H](Oc3ccc(F)cc3Cl)C(=O)N2C2CCN(C(=O)c3ccco3)CC2)cc1. The van der Waals surface area contributed by atoms with Gasteiger partial charge in [-0.15, -0.1) is 0 Å². The van der Waals surface area contributed by atoms with Gasteiger partial charge in [0.25, 0.3) is 11.8 Å². The molecular weight excluding hydrogens is 473 g/mol. The Morgan fingerprint density at radius 1 is 1.14 bits per heavy atom. The number of carbonyl (C=O) groups is 2. The van der Waals surface area contributed by atoms with E-state index in [1.807, 2.05) is 0 Å². The van der Waals surface area contributed by atoms with Gasteiger partial charge in [-0.25, -0.2) is 4.39 Å². The molecule has 3 heterocycles. The second kappa shape index (κ2) is 9.43. The van der Waals surface area contributed by atoms with Crippen LogP contribution in [0.4, 0.5) is 4.39 Å². The average Bonchev–Trinajstić information content (AvgIpc) is 3.42. The van der Waals surface area contributed by atoms with Crippen molar-refractivity contribution in [2.45, 2.75) is 31.0 Å². The van der Waals surface area contributed by atoms with Gasteiger partial charge in [0.2, 0.25) is 6.10 Å². The maximum absolute atomic E-state index is 13.5. The number of likely N-dealkylation sites (tertiary alicyclic amines) is 2. The summed E-state index contributed by atoms with van der Waals surface area (Å²) in [5.74, 6) is -0.342. The molecule has 178 valence electrons. The van der Waals surface area contributed by atoms with E-state index in [0.717, 1.165) is 11.6 Å². The van der Waals surface area contributed by atoms with Crippen LogP contribution in [0.1, 0.15) is 40.6 Å².